The number of nitrogens with two attached hydrogens (primary N) is 1. The number of methoxy groups -OCH3 is 1. The number of amides is 1. The molecule has 0 aliphatic carbocycles. The third kappa shape index (κ3) is 4.08. The third-order valence-corrected chi connectivity index (χ3v) is 2.20. The number of halogens is 1. The highest BCUT2D eigenvalue weighted by molar-refractivity contribution is 5.85. The Labute approximate surface area is 102 Å². The molecule has 1 rings (SSSR count). The van der Waals surface area contributed by atoms with Crippen molar-refractivity contribution >= 4 is 18.3 Å². The molecule has 0 heterocycles. The molecule has 1 atom stereocenters. The van der Waals surface area contributed by atoms with E-state index in [1.165, 1.54) is 0 Å². The number of likely N-dealkylation sites (N-methyl/N-ethyl adjacent to an activating group) is 1. The van der Waals surface area contributed by atoms with E-state index in [-0.39, 0.29) is 18.3 Å². The summed E-state index contributed by atoms with van der Waals surface area (Å²) in [7, 11) is 3.20. The van der Waals surface area contributed by atoms with Crippen LogP contribution in [0.3, 0.4) is 0 Å². The highest BCUT2D eigenvalue weighted by Crippen LogP contribution is 2.12. The molecule has 0 bridgehead atoms. The molecule has 1 aromatic carbocycles. The molecule has 3 N–H and O–H groups in total. The molecule has 0 aromatic heterocycles. The van der Waals surface area contributed by atoms with Crippen LogP contribution in [0.1, 0.15) is 5.56 Å². The molecule has 0 unspecified atom stereocenters. The molecule has 16 heavy (non-hydrogen) atoms. The van der Waals surface area contributed by atoms with Crippen LogP contribution >= 0.6 is 12.4 Å². The van der Waals surface area contributed by atoms with Crippen molar-refractivity contribution in [3.63, 3.8) is 0 Å². The van der Waals surface area contributed by atoms with Gasteiger partial charge in [-0.05, 0) is 24.1 Å². The van der Waals surface area contributed by atoms with Crippen molar-refractivity contribution in [3.05, 3.63) is 29.8 Å². The summed E-state index contributed by atoms with van der Waals surface area (Å²) >= 11 is 0. The number of carbonyl (C=O) groups is 1. The van der Waals surface area contributed by atoms with E-state index in [1.807, 2.05) is 24.3 Å². The summed E-state index contributed by atoms with van der Waals surface area (Å²) in [6.45, 7) is 0. The van der Waals surface area contributed by atoms with Crippen molar-refractivity contribution < 1.29 is 9.53 Å². The predicted octanol–water partition coefficient (Wildman–Crippen LogP) is 0.733. The Bertz CT molecular complexity index is 327. The van der Waals surface area contributed by atoms with E-state index >= 15 is 0 Å². The number of nitrogens with one attached hydrogen (secondary N) is 1. The van der Waals surface area contributed by atoms with Crippen molar-refractivity contribution in [3.8, 4) is 5.75 Å². The van der Waals surface area contributed by atoms with Crippen LogP contribution in [0, 0.1) is 0 Å². The van der Waals surface area contributed by atoms with Gasteiger partial charge >= 0.3 is 0 Å². The first-order chi connectivity index (χ1) is 7.17. The van der Waals surface area contributed by atoms with Crippen LogP contribution in [0.5, 0.6) is 5.75 Å². The summed E-state index contributed by atoms with van der Waals surface area (Å²) < 4.78 is 5.03. The van der Waals surface area contributed by atoms with Gasteiger partial charge in [-0.1, -0.05) is 12.1 Å². The molecule has 0 fully saturated rings. The molecule has 4 nitrogen and oxygen atoms in total. The zero-order valence-electron chi connectivity index (χ0n) is 9.40. The van der Waals surface area contributed by atoms with Crippen molar-refractivity contribution in [1.29, 1.82) is 0 Å². The fourth-order valence-corrected chi connectivity index (χ4v) is 1.29. The Kier molecular flexibility index (Phi) is 6.53. The fraction of sp³-hybridized carbons (Fsp3) is 0.364. The smallest absolute Gasteiger partial charge is 0.237 e. The second-order valence-corrected chi connectivity index (χ2v) is 3.27. The number of benzene rings is 1. The van der Waals surface area contributed by atoms with Crippen molar-refractivity contribution in [2.75, 3.05) is 14.2 Å². The first kappa shape index (κ1) is 14.7. The summed E-state index contributed by atoms with van der Waals surface area (Å²) in [6.07, 6.45) is 0.531. The molecule has 0 spiro atoms. The molecular formula is C11H17ClN2O2. The van der Waals surface area contributed by atoms with Gasteiger partial charge in [-0.3, -0.25) is 4.79 Å². The molecular weight excluding hydrogens is 228 g/mol. The molecule has 0 aliphatic rings. The Balaban J connectivity index is 0.00000225. The number of ether oxygens (including phenoxy) is 1. The van der Waals surface area contributed by atoms with Crippen molar-refractivity contribution in [2.45, 2.75) is 12.5 Å². The fourth-order valence-electron chi connectivity index (χ4n) is 1.29. The molecule has 0 aliphatic heterocycles. The number of hydrogen-bond acceptors (Lipinski definition) is 3. The van der Waals surface area contributed by atoms with Crippen LogP contribution in [-0.2, 0) is 11.2 Å². The van der Waals surface area contributed by atoms with Gasteiger partial charge in [0.1, 0.15) is 5.75 Å². The number of rotatable bonds is 4. The first-order valence-corrected chi connectivity index (χ1v) is 4.77. The lowest BCUT2D eigenvalue weighted by atomic mass is 10.1. The van der Waals surface area contributed by atoms with Gasteiger partial charge in [0.05, 0.1) is 13.2 Å². The summed E-state index contributed by atoms with van der Waals surface area (Å²) in [5, 5.41) is 2.52. The summed E-state index contributed by atoms with van der Waals surface area (Å²) in [6, 6.07) is 7.02. The maximum atomic E-state index is 11.2. The van der Waals surface area contributed by atoms with Crippen LogP contribution in [-0.4, -0.2) is 26.1 Å². The Morgan fingerprint density at radius 2 is 2.00 bits per heavy atom. The van der Waals surface area contributed by atoms with E-state index in [0.717, 1.165) is 11.3 Å². The van der Waals surface area contributed by atoms with E-state index in [0.29, 0.717) is 6.42 Å². The maximum absolute atomic E-state index is 11.2. The normalized spacial score (nSPS) is 11.2. The van der Waals surface area contributed by atoms with E-state index in [1.54, 1.807) is 14.2 Å². The first-order valence-electron chi connectivity index (χ1n) is 4.77. The van der Waals surface area contributed by atoms with Gasteiger partial charge in [0, 0.05) is 7.05 Å². The number of carbonyl (C=O) groups excluding carboxylic acids is 1. The topological polar surface area (TPSA) is 64.4 Å². The minimum atomic E-state index is -0.497. The largest absolute Gasteiger partial charge is 0.497 e. The molecule has 0 saturated heterocycles. The zero-order valence-corrected chi connectivity index (χ0v) is 10.2. The van der Waals surface area contributed by atoms with Crippen LogP contribution in [0.4, 0.5) is 0 Å². The second kappa shape index (κ2) is 7.09. The zero-order chi connectivity index (χ0) is 11.3. The van der Waals surface area contributed by atoms with Gasteiger partial charge in [-0.15, -0.1) is 12.4 Å². The van der Waals surface area contributed by atoms with Crippen LogP contribution in [0.25, 0.3) is 0 Å². The second-order valence-electron chi connectivity index (χ2n) is 3.27. The number of hydrogen-bond donors (Lipinski definition) is 2. The summed E-state index contributed by atoms with van der Waals surface area (Å²) in [5.41, 5.74) is 6.71. The minimum Gasteiger partial charge on any atom is -0.497 e. The lowest BCUT2D eigenvalue weighted by molar-refractivity contribution is -0.121. The highest BCUT2D eigenvalue weighted by Gasteiger charge is 2.11. The molecule has 5 heteroatoms. The average molecular weight is 245 g/mol. The predicted molar refractivity (Wildman–Crippen MR) is 66.0 cm³/mol. The van der Waals surface area contributed by atoms with Gasteiger partial charge in [-0.25, -0.2) is 0 Å². The van der Waals surface area contributed by atoms with E-state index < -0.39 is 6.04 Å². The van der Waals surface area contributed by atoms with Gasteiger partial charge < -0.3 is 15.8 Å². The van der Waals surface area contributed by atoms with Crippen molar-refractivity contribution in [2.24, 2.45) is 5.73 Å². The van der Waals surface area contributed by atoms with Crippen LogP contribution in [0.15, 0.2) is 24.3 Å². The quantitative estimate of drug-likeness (QED) is 0.821. The average Bonchev–Trinajstić information content (AvgIpc) is 2.29. The lowest BCUT2D eigenvalue weighted by Gasteiger charge is -2.10. The van der Waals surface area contributed by atoms with Gasteiger partial charge in [0.2, 0.25) is 5.91 Å². The molecule has 0 radical (unpaired) electrons. The van der Waals surface area contributed by atoms with Gasteiger partial charge in [-0.2, -0.15) is 0 Å². The minimum absolute atomic E-state index is 0. The molecule has 0 saturated carbocycles. The SMILES string of the molecule is CNC(=O)[C@@H](N)Cc1ccc(OC)cc1.Cl. The lowest BCUT2D eigenvalue weighted by Crippen LogP contribution is -2.40. The van der Waals surface area contributed by atoms with Crippen molar-refractivity contribution in [1.82, 2.24) is 5.32 Å². The Morgan fingerprint density at radius 3 is 2.44 bits per heavy atom. The standard InChI is InChI=1S/C11H16N2O2.ClH/c1-13-11(14)10(12)7-8-3-5-9(15-2)6-4-8;/h3-6,10H,7,12H2,1-2H3,(H,13,14);1H/t10-;/m0./s1. The Hall–Kier alpha value is -1.26. The molecule has 90 valence electrons. The molecule has 1 amide bonds. The highest BCUT2D eigenvalue weighted by atomic mass is 35.5. The summed E-state index contributed by atoms with van der Waals surface area (Å²) in [5.74, 6) is 0.651. The third-order valence-electron chi connectivity index (χ3n) is 2.20. The Morgan fingerprint density at radius 1 is 1.44 bits per heavy atom. The summed E-state index contributed by atoms with van der Waals surface area (Å²) in [4.78, 5) is 11.2. The maximum Gasteiger partial charge on any atom is 0.237 e. The van der Waals surface area contributed by atoms with Gasteiger partial charge in [0.25, 0.3) is 0 Å². The van der Waals surface area contributed by atoms with Crippen LogP contribution < -0.4 is 15.8 Å². The van der Waals surface area contributed by atoms with Crippen LogP contribution in [0.2, 0.25) is 0 Å². The monoisotopic (exact) mass is 244 g/mol. The van der Waals surface area contributed by atoms with E-state index in [9.17, 15) is 4.79 Å². The van der Waals surface area contributed by atoms with E-state index in [2.05, 4.69) is 5.32 Å². The van der Waals surface area contributed by atoms with E-state index in [4.69, 9.17) is 10.5 Å². The van der Waals surface area contributed by atoms with Gasteiger partial charge in [0.15, 0.2) is 0 Å². The molecule has 1 aromatic rings.